The zero-order valence-electron chi connectivity index (χ0n) is 12.0. The number of amides is 1. The van der Waals surface area contributed by atoms with Gasteiger partial charge < -0.3 is 14.4 Å². The first kappa shape index (κ1) is 14.1. The van der Waals surface area contributed by atoms with Crippen molar-refractivity contribution in [2.45, 2.75) is 45.7 Å². The molecule has 2 aromatic rings. The number of aromatic nitrogens is 3. The number of carbonyl (C=O) groups excluding carboxylic acids is 1. The van der Waals surface area contributed by atoms with E-state index in [2.05, 4.69) is 20.0 Å². The van der Waals surface area contributed by atoms with Crippen LogP contribution in [-0.4, -0.2) is 26.7 Å². The molecule has 112 valence electrons. The van der Waals surface area contributed by atoms with Gasteiger partial charge in [0.05, 0.1) is 17.8 Å². The van der Waals surface area contributed by atoms with E-state index in [4.69, 9.17) is 16.1 Å². The highest BCUT2D eigenvalue weighted by molar-refractivity contribution is 6.29. The van der Waals surface area contributed by atoms with E-state index in [-0.39, 0.29) is 23.6 Å². The molecule has 0 aromatic carbocycles. The van der Waals surface area contributed by atoms with E-state index in [1.807, 2.05) is 13.1 Å². The summed E-state index contributed by atoms with van der Waals surface area (Å²) in [5, 5.41) is 6.99. The van der Waals surface area contributed by atoms with Crippen molar-refractivity contribution < 1.29 is 9.32 Å². The third kappa shape index (κ3) is 2.95. The molecule has 0 aliphatic carbocycles. The van der Waals surface area contributed by atoms with Crippen molar-refractivity contribution in [3.8, 4) is 0 Å². The molecular formula is C14H17ClN4O2. The lowest BCUT2D eigenvalue weighted by molar-refractivity contribution is -0.121. The molecule has 1 aliphatic rings. The molecule has 1 aliphatic heterocycles. The molecule has 1 N–H and O–H groups in total. The third-order valence-corrected chi connectivity index (χ3v) is 4.05. The second-order valence-electron chi connectivity index (χ2n) is 5.45. The summed E-state index contributed by atoms with van der Waals surface area (Å²) in [4.78, 5) is 16.6. The molecule has 2 aromatic heterocycles. The van der Waals surface area contributed by atoms with Crippen molar-refractivity contribution in [1.82, 2.24) is 20.0 Å². The van der Waals surface area contributed by atoms with Crippen molar-refractivity contribution in [1.29, 1.82) is 0 Å². The lowest BCUT2D eigenvalue weighted by Crippen LogP contribution is -2.41. The molecule has 7 heteroatoms. The number of nitrogens with one attached hydrogen (secondary N) is 1. The molecule has 21 heavy (non-hydrogen) atoms. The van der Waals surface area contributed by atoms with E-state index in [1.54, 1.807) is 6.92 Å². The molecule has 0 bridgehead atoms. The molecule has 3 rings (SSSR count). The second kappa shape index (κ2) is 5.52. The molecule has 1 amide bonds. The molecule has 0 fully saturated rings. The Labute approximate surface area is 127 Å². The van der Waals surface area contributed by atoms with Crippen LogP contribution in [0.25, 0.3) is 0 Å². The smallest absolute Gasteiger partial charge is 0.229 e. The molecule has 3 heterocycles. The maximum absolute atomic E-state index is 12.1. The average Bonchev–Trinajstić information content (AvgIpc) is 2.94. The van der Waals surface area contributed by atoms with Crippen molar-refractivity contribution in [3.63, 3.8) is 0 Å². The van der Waals surface area contributed by atoms with E-state index in [0.717, 1.165) is 30.9 Å². The Morgan fingerprint density at radius 1 is 1.57 bits per heavy atom. The minimum absolute atomic E-state index is 0.0616. The van der Waals surface area contributed by atoms with Gasteiger partial charge in [0.25, 0.3) is 0 Å². The fourth-order valence-corrected chi connectivity index (χ4v) is 2.94. The predicted molar refractivity (Wildman–Crippen MR) is 77.2 cm³/mol. The molecular weight excluding hydrogens is 292 g/mol. The van der Waals surface area contributed by atoms with E-state index < -0.39 is 0 Å². The number of fused-ring (bicyclic) bond motifs is 1. The normalized spacial score (nSPS) is 17.6. The Hall–Kier alpha value is -1.82. The highest BCUT2D eigenvalue weighted by atomic mass is 35.5. The van der Waals surface area contributed by atoms with Crippen molar-refractivity contribution in [2.24, 2.45) is 0 Å². The first-order valence-electron chi connectivity index (χ1n) is 6.95. The number of halogens is 1. The summed E-state index contributed by atoms with van der Waals surface area (Å²) in [6.07, 6.45) is 4.00. The predicted octanol–water partition coefficient (Wildman–Crippen LogP) is 1.82. The summed E-state index contributed by atoms with van der Waals surface area (Å²) in [7, 11) is 0. The van der Waals surface area contributed by atoms with Gasteiger partial charge in [0.1, 0.15) is 5.82 Å². The van der Waals surface area contributed by atoms with Crippen LogP contribution in [0.1, 0.15) is 29.2 Å². The number of imidazole rings is 1. The van der Waals surface area contributed by atoms with Crippen LogP contribution in [-0.2, 0) is 24.2 Å². The summed E-state index contributed by atoms with van der Waals surface area (Å²) < 4.78 is 6.97. The van der Waals surface area contributed by atoms with Crippen LogP contribution in [0.15, 0.2) is 10.7 Å². The monoisotopic (exact) mass is 308 g/mol. The minimum Gasteiger partial charge on any atom is -0.351 e. The zero-order chi connectivity index (χ0) is 15.0. The highest BCUT2D eigenvalue weighted by Gasteiger charge is 2.22. The summed E-state index contributed by atoms with van der Waals surface area (Å²) in [5.41, 5.74) is 2.33. The molecule has 0 spiro atoms. The van der Waals surface area contributed by atoms with Crippen LogP contribution in [0.4, 0.5) is 0 Å². The maximum atomic E-state index is 12.1. The van der Waals surface area contributed by atoms with E-state index in [0.29, 0.717) is 11.3 Å². The second-order valence-corrected chi connectivity index (χ2v) is 5.79. The van der Waals surface area contributed by atoms with Crippen molar-refractivity contribution in [3.05, 3.63) is 34.2 Å². The van der Waals surface area contributed by atoms with Crippen LogP contribution in [0.3, 0.4) is 0 Å². The Morgan fingerprint density at radius 2 is 2.38 bits per heavy atom. The van der Waals surface area contributed by atoms with Crippen molar-refractivity contribution >= 4 is 17.5 Å². The van der Waals surface area contributed by atoms with E-state index in [1.165, 1.54) is 0 Å². The quantitative estimate of drug-likeness (QED) is 0.938. The Bertz CT molecular complexity index is 657. The Kier molecular flexibility index (Phi) is 3.71. The fraction of sp³-hybridized carbons (Fsp3) is 0.500. The van der Waals surface area contributed by atoms with Crippen LogP contribution in [0, 0.1) is 13.8 Å². The number of hydrogen-bond acceptors (Lipinski definition) is 4. The number of nitrogens with zero attached hydrogens (tertiary/aromatic N) is 3. The van der Waals surface area contributed by atoms with Crippen LogP contribution < -0.4 is 5.32 Å². The van der Waals surface area contributed by atoms with Gasteiger partial charge in [-0.05, 0) is 31.9 Å². The lowest BCUT2D eigenvalue weighted by Gasteiger charge is -2.24. The molecule has 0 saturated carbocycles. The van der Waals surface area contributed by atoms with Crippen LogP contribution in [0.5, 0.6) is 0 Å². The van der Waals surface area contributed by atoms with Gasteiger partial charge in [0.2, 0.25) is 11.1 Å². The first-order valence-corrected chi connectivity index (χ1v) is 7.33. The van der Waals surface area contributed by atoms with Gasteiger partial charge >= 0.3 is 0 Å². The largest absolute Gasteiger partial charge is 0.351 e. The van der Waals surface area contributed by atoms with Crippen LogP contribution >= 0.6 is 11.6 Å². The average molecular weight is 309 g/mol. The van der Waals surface area contributed by atoms with E-state index in [9.17, 15) is 4.79 Å². The number of carbonyl (C=O) groups is 1. The molecule has 6 nitrogen and oxygen atoms in total. The Morgan fingerprint density at radius 3 is 3.10 bits per heavy atom. The highest BCUT2D eigenvalue weighted by Crippen LogP contribution is 2.20. The molecule has 1 unspecified atom stereocenters. The zero-order valence-corrected chi connectivity index (χ0v) is 12.8. The summed E-state index contributed by atoms with van der Waals surface area (Å²) in [5.74, 6) is 1.03. The molecule has 0 radical (unpaired) electrons. The lowest BCUT2D eigenvalue weighted by atomic mass is 10.1. The number of hydrogen-bond donors (Lipinski definition) is 1. The topological polar surface area (TPSA) is 73.0 Å². The third-order valence-electron chi connectivity index (χ3n) is 3.75. The van der Waals surface area contributed by atoms with Crippen molar-refractivity contribution in [2.75, 3.05) is 0 Å². The van der Waals surface area contributed by atoms with Gasteiger partial charge in [-0.3, -0.25) is 4.79 Å². The summed E-state index contributed by atoms with van der Waals surface area (Å²) in [6, 6.07) is 0.123. The van der Waals surface area contributed by atoms with E-state index >= 15 is 0 Å². The summed E-state index contributed by atoms with van der Waals surface area (Å²) >= 11 is 5.88. The SMILES string of the molecule is Cc1cn2c(n1)CCC(NC(=O)Cc1c(C)noc1Cl)C2. The maximum Gasteiger partial charge on any atom is 0.229 e. The summed E-state index contributed by atoms with van der Waals surface area (Å²) in [6.45, 7) is 4.52. The molecule has 0 saturated heterocycles. The van der Waals surface area contributed by atoms with Gasteiger partial charge in [-0.15, -0.1) is 0 Å². The van der Waals surface area contributed by atoms with Crippen LogP contribution in [0.2, 0.25) is 5.22 Å². The standard InChI is InChI=1S/C14H17ClN4O2/c1-8-6-19-7-10(3-4-12(19)16-8)17-13(20)5-11-9(2)18-21-14(11)15/h6,10H,3-5,7H2,1-2H3,(H,17,20). The fourth-order valence-electron chi connectivity index (χ4n) is 2.70. The number of aryl methyl sites for hydroxylation is 3. The minimum atomic E-state index is -0.0616. The molecule has 1 atom stereocenters. The van der Waals surface area contributed by atoms with Gasteiger partial charge in [0, 0.05) is 30.8 Å². The number of rotatable bonds is 3. The van der Waals surface area contributed by atoms with Gasteiger partial charge in [0.15, 0.2) is 0 Å². The Balaban J connectivity index is 1.61. The van der Waals surface area contributed by atoms with Gasteiger partial charge in [-0.2, -0.15) is 0 Å². The van der Waals surface area contributed by atoms with Gasteiger partial charge in [-0.25, -0.2) is 4.98 Å². The van der Waals surface area contributed by atoms with Gasteiger partial charge in [-0.1, -0.05) is 5.16 Å². The first-order chi connectivity index (χ1) is 10.0.